The van der Waals surface area contributed by atoms with Crippen LogP contribution in [0.4, 0.5) is 34.1 Å². The van der Waals surface area contributed by atoms with Gasteiger partial charge in [0.25, 0.3) is 0 Å². The van der Waals surface area contributed by atoms with Gasteiger partial charge in [0.1, 0.15) is 50.7 Å². The van der Waals surface area contributed by atoms with E-state index in [1.54, 1.807) is 11.3 Å². The van der Waals surface area contributed by atoms with Crippen LogP contribution in [-0.2, 0) is 5.41 Å². The number of nitrogens with zero attached hydrogens (tertiary/aromatic N) is 2. The minimum absolute atomic E-state index is 0.134. The van der Waals surface area contributed by atoms with E-state index in [-0.39, 0.29) is 27.3 Å². The molecule has 1 aromatic heterocycles. The van der Waals surface area contributed by atoms with E-state index in [2.05, 4.69) is 259 Å². The molecule has 372 valence electrons. The van der Waals surface area contributed by atoms with Crippen LogP contribution in [0, 0.1) is 0 Å². The van der Waals surface area contributed by atoms with Crippen molar-refractivity contribution in [3.8, 4) is 56.0 Å². The van der Waals surface area contributed by atoms with Crippen LogP contribution in [0.5, 0.6) is 11.5 Å². The predicted octanol–water partition coefficient (Wildman–Crippen LogP) is 14.4. The van der Waals surface area contributed by atoms with Gasteiger partial charge in [-0.3, -0.25) is 0 Å². The van der Waals surface area contributed by atoms with Crippen LogP contribution in [0.15, 0.2) is 261 Å². The molecule has 2 heterocycles. The molecule has 3 nitrogen and oxygen atoms in total. The van der Waals surface area contributed by atoms with Gasteiger partial charge in [0.05, 0.1) is 16.8 Å². The molecule has 1 aliphatic heterocycles. The van der Waals surface area contributed by atoms with Crippen molar-refractivity contribution >= 4 is 132 Å². The molecule has 0 saturated carbocycles. The highest BCUT2D eigenvalue weighted by Crippen LogP contribution is 2.64. The van der Waals surface area contributed by atoms with Gasteiger partial charge in [-0.1, -0.05) is 193 Å². The fourth-order valence-electron chi connectivity index (χ4n) is 12.9. The average molecular weight is 1050 g/mol. The highest BCUT2D eigenvalue weighted by molar-refractivity contribution is 7.26. The first-order valence-electron chi connectivity index (χ1n) is 27.4. The van der Waals surface area contributed by atoms with Gasteiger partial charge in [-0.2, -0.15) is 0 Å². The van der Waals surface area contributed by atoms with Gasteiger partial charge in [0.15, 0.2) is 0 Å². The molecule has 82 heavy (non-hydrogen) atoms. The van der Waals surface area contributed by atoms with E-state index in [4.69, 9.17) is 44.0 Å². The van der Waals surface area contributed by atoms with Gasteiger partial charge in [-0.05, 0) is 123 Å². The SMILES string of the molecule is [B]c1c([B])c([B])c(-c2cc(N(c3ccc4sc5cccc(N(c6ccccc6)c6ccc(-c7ccccc7)cc6)c5c4c3)c3ccccc3-c3ccccc3)cc3c2Oc2ccccc2C32c3ccccc3-c3ccccc32)c([B])c1[B]. The fourth-order valence-corrected chi connectivity index (χ4v) is 14.0. The molecule has 0 N–H and O–H groups in total. The van der Waals surface area contributed by atoms with Crippen LogP contribution in [0.25, 0.3) is 64.7 Å². The Morgan fingerprint density at radius 3 is 1.52 bits per heavy atom. The molecule has 0 fully saturated rings. The van der Waals surface area contributed by atoms with Crippen molar-refractivity contribution in [1.82, 2.24) is 0 Å². The summed E-state index contributed by atoms with van der Waals surface area (Å²) in [5.41, 5.74) is 17.7. The Morgan fingerprint density at radius 1 is 0.329 bits per heavy atom. The summed E-state index contributed by atoms with van der Waals surface area (Å²) in [7, 11) is 34.7. The maximum Gasteiger partial charge on any atom is 0.140 e. The van der Waals surface area contributed by atoms with Crippen LogP contribution in [0.3, 0.4) is 0 Å². The molecule has 0 bridgehead atoms. The van der Waals surface area contributed by atoms with Gasteiger partial charge in [0.2, 0.25) is 0 Å². The van der Waals surface area contributed by atoms with Crippen molar-refractivity contribution in [1.29, 1.82) is 0 Å². The molecule has 0 atom stereocenters. The Morgan fingerprint density at radius 2 is 0.841 bits per heavy atom. The van der Waals surface area contributed by atoms with Crippen LogP contribution in [0.2, 0.25) is 0 Å². The molecular weight excluding hydrogens is 1010 g/mol. The molecule has 12 aromatic carbocycles. The Labute approximate surface area is 488 Å². The van der Waals surface area contributed by atoms with Gasteiger partial charge >= 0.3 is 0 Å². The van der Waals surface area contributed by atoms with Gasteiger partial charge < -0.3 is 14.5 Å². The summed E-state index contributed by atoms with van der Waals surface area (Å²) in [6, 6.07) is 92.8. The number of rotatable bonds is 9. The smallest absolute Gasteiger partial charge is 0.140 e. The lowest BCUT2D eigenvalue weighted by Crippen LogP contribution is -2.55. The van der Waals surface area contributed by atoms with Crippen molar-refractivity contribution in [3.05, 3.63) is 283 Å². The van der Waals surface area contributed by atoms with Gasteiger partial charge in [0, 0.05) is 65.2 Å². The summed E-state index contributed by atoms with van der Waals surface area (Å²) in [5, 5.41) is 2.24. The number of para-hydroxylation sites is 3. The zero-order valence-corrected chi connectivity index (χ0v) is 45.2. The number of fused-ring (bicyclic) bond motifs is 12. The fraction of sp³-hybridized carbons (Fsp3) is 0.0137. The second kappa shape index (κ2) is 19.7. The lowest BCUT2D eigenvalue weighted by Gasteiger charge is -2.41. The minimum atomic E-state index is -0.885. The number of hydrogen-bond donors (Lipinski definition) is 0. The number of ether oxygens (including phenoxy) is 1. The van der Waals surface area contributed by atoms with E-state index < -0.39 is 5.41 Å². The minimum Gasteiger partial charge on any atom is -0.456 e. The van der Waals surface area contributed by atoms with E-state index in [0.29, 0.717) is 22.6 Å². The number of anilines is 6. The summed E-state index contributed by atoms with van der Waals surface area (Å²) in [6.07, 6.45) is 0. The molecule has 0 saturated heterocycles. The predicted molar refractivity (Wildman–Crippen MR) is 349 cm³/mol. The first-order valence-corrected chi connectivity index (χ1v) is 28.2. The molecule has 9 heteroatoms. The molecule has 2 aliphatic rings. The largest absolute Gasteiger partial charge is 0.456 e. The highest BCUT2D eigenvalue weighted by Gasteiger charge is 2.52. The van der Waals surface area contributed by atoms with Gasteiger partial charge in [-0.15, -0.1) is 27.7 Å². The summed E-state index contributed by atoms with van der Waals surface area (Å²) < 4.78 is 9.64. The molecule has 0 unspecified atom stereocenters. The summed E-state index contributed by atoms with van der Waals surface area (Å²) in [5.74, 6) is 1.28. The van der Waals surface area contributed by atoms with E-state index in [0.717, 1.165) is 99.7 Å². The maximum absolute atomic E-state index is 7.33. The third-order valence-corrected chi connectivity index (χ3v) is 17.7. The van der Waals surface area contributed by atoms with E-state index in [1.165, 1.54) is 10.3 Å². The van der Waals surface area contributed by atoms with Crippen molar-refractivity contribution in [2.75, 3.05) is 9.80 Å². The van der Waals surface area contributed by atoms with Crippen LogP contribution >= 0.6 is 11.3 Å². The quantitative estimate of drug-likeness (QED) is 0.134. The molecule has 15 rings (SSSR count). The van der Waals surface area contributed by atoms with Crippen molar-refractivity contribution in [2.45, 2.75) is 5.41 Å². The van der Waals surface area contributed by atoms with Crippen molar-refractivity contribution < 1.29 is 4.74 Å². The van der Waals surface area contributed by atoms with Crippen molar-refractivity contribution in [3.63, 3.8) is 0 Å². The van der Waals surface area contributed by atoms with Crippen LogP contribution in [0.1, 0.15) is 22.3 Å². The molecular formula is C73H43B5N2OS. The second-order valence-corrected chi connectivity index (χ2v) is 22.1. The Hall–Kier alpha value is -9.42. The number of thiophene rings is 1. The molecule has 1 spiro atoms. The third-order valence-electron chi connectivity index (χ3n) is 16.6. The molecule has 1 aliphatic carbocycles. The van der Waals surface area contributed by atoms with Gasteiger partial charge in [-0.25, -0.2) is 0 Å². The zero-order valence-electron chi connectivity index (χ0n) is 44.4. The normalized spacial score (nSPS) is 12.6. The molecule has 10 radical (unpaired) electrons. The molecule has 0 amide bonds. The topological polar surface area (TPSA) is 15.7 Å². The van der Waals surface area contributed by atoms with Crippen LogP contribution < -0.4 is 41.9 Å². The monoisotopic (exact) mass is 1050 g/mol. The first-order chi connectivity index (χ1) is 40.3. The average Bonchev–Trinajstić information content (AvgIpc) is 1.92. The first kappa shape index (κ1) is 49.6. The second-order valence-electron chi connectivity index (χ2n) is 21.0. The Bertz CT molecular complexity index is 4610. The highest BCUT2D eigenvalue weighted by atomic mass is 32.1. The lowest BCUT2D eigenvalue weighted by atomic mass is 9.59. The van der Waals surface area contributed by atoms with E-state index in [1.807, 2.05) is 12.1 Å². The number of benzene rings is 12. The summed E-state index contributed by atoms with van der Waals surface area (Å²) >= 11 is 1.79. The van der Waals surface area contributed by atoms with E-state index >= 15 is 0 Å². The summed E-state index contributed by atoms with van der Waals surface area (Å²) in [6.45, 7) is 0. The van der Waals surface area contributed by atoms with E-state index in [9.17, 15) is 0 Å². The maximum atomic E-state index is 7.33. The third kappa shape index (κ3) is 7.63. The lowest BCUT2D eigenvalue weighted by molar-refractivity contribution is 0.438. The van der Waals surface area contributed by atoms with Crippen molar-refractivity contribution in [2.24, 2.45) is 0 Å². The zero-order chi connectivity index (χ0) is 55.2. The Balaban J connectivity index is 1.04. The Kier molecular flexibility index (Phi) is 11.9. The summed E-state index contributed by atoms with van der Waals surface area (Å²) in [4.78, 5) is 4.74. The molecule has 13 aromatic rings. The van der Waals surface area contributed by atoms with Crippen LogP contribution in [-0.4, -0.2) is 39.2 Å². The number of hydrogen-bond acceptors (Lipinski definition) is 4. The standard InChI is InChI=1S/C73H43B5N2OS/c74-67-66(68(75)70(77)71(78)69(67)76)55-42-50(43-59-72(55)81-62-33-17-15-30-58(62)73(59)56-28-13-10-26-52(56)53-27-11-14-29-57(53)73)80(60-31-16-12-25-51(60)46-21-6-2-7-22-46)49-39-40-63-54(41-49)65-61(32-18-34-64(65)82-63)79(47-23-8-3-9-24-47)48-37-35-45(36-38-48)44-19-4-1-5-20-44/h1-43H.